The van der Waals surface area contributed by atoms with Gasteiger partial charge in [0.15, 0.2) is 11.5 Å². The molecule has 1 saturated heterocycles. The number of nitrogens with one attached hydrogen (secondary N) is 1. The lowest BCUT2D eigenvalue weighted by Gasteiger charge is -2.33. The van der Waals surface area contributed by atoms with E-state index in [1.807, 2.05) is 31.2 Å². The van der Waals surface area contributed by atoms with Gasteiger partial charge in [-0.2, -0.15) is 0 Å². The van der Waals surface area contributed by atoms with E-state index < -0.39 is 0 Å². The fourth-order valence-electron chi connectivity index (χ4n) is 2.77. The Labute approximate surface area is 128 Å². The molecule has 118 valence electrons. The molecule has 1 aliphatic heterocycles. The molecular weight excluding hydrogens is 264 g/mol. The number of hydrogen-bond donors (Lipinski definition) is 1. The zero-order chi connectivity index (χ0) is 14.9. The van der Waals surface area contributed by atoms with Gasteiger partial charge in [-0.15, -0.1) is 0 Å². The highest BCUT2D eigenvalue weighted by Gasteiger charge is 2.18. The molecule has 1 heterocycles. The lowest BCUT2D eigenvalue weighted by atomic mass is 10.1. The minimum absolute atomic E-state index is 0.638. The van der Waals surface area contributed by atoms with E-state index in [1.165, 1.54) is 12.8 Å². The van der Waals surface area contributed by atoms with E-state index in [0.29, 0.717) is 19.3 Å². The summed E-state index contributed by atoms with van der Waals surface area (Å²) in [6, 6.07) is 8.53. The molecule has 4 nitrogen and oxygen atoms in total. The van der Waals surface area contributed by atoms with Crippen molar-refractivity contribution in [3.63, 3.8) is 0 Å². The van der Waals surface area contributed by atoms with E-state index in [1.54, 1.807) is 0 Å². The fraction of sp³-hybridized carbons (Fsp3) is 0.647. The van der Waals surface area contributed by atoms with Crippen LogP contribution in [0.5, 0.6) is 11.5 Å². The topological polar surface area (TPSA) is 33.7 Å². The average Bonchev–Trinajstić information content (AvgIpc) is 2.50. The number of nitrogens with zero attached hydrogens (tertiary/aromatic N) is 1. The standard InChI is InChI=1S/C17H28N2O2/c1-3-7-15-14-19(11-10-18-15)12-13-21-17-9-6-5-8-16(17)20-4-2/h5-6,8-9,15,18H,3-4,7,10-14H2,1-2H3. The lowest BCUT2D eigenvalue weighted by Crippen LogP contribution is -2.51. The Kier molecular flexibility index (Phi) is 6.83. The number of benzene rings is 1. The molecule has 0 aliphatic carbocycles. The summed E-state index contributed by atoms with van der Waals surface area (Å²) in [5.41, 5.74) is 0. The Hall–Kier alpha value is -1.26. The molecule has 1 aromatic carbocycles. The Morgan fingerprint density at radius 1 is 1.19 bits per heavy atom. The van der Waals surface area contributed by atoms with Crippen molar-refractivity contribution in [3.05, 3.63) is 24.3 Å². The molecule has 1 aliphatic rings. The smallest absolute Gasteiger partial charge is 0.161 e. The maximum Gasteiger partial charge on any atom is 0.161 e. The summed E-state index contributed by atoms with van der Waals surface area (Å²) in [5, 5.41) is 3.58. The number of para-hydroxylation sites is 2. The Bertz CT molecular complexity index is 410. The van der Waals surface area contributed by atoms with Crippen LogP contribution in [0.1, 0.15) is 26.7 Å². The Morgan fingerprint density at radius 2 is 1.95 bits per heavy atom. The summed E-state index contributed by atoms with van der Waals surface area (Å²) in [6.45, 7) is 9.91. The maximum atomic E-state index is 5.90. The van der Waals surface area contributed by atoms with Crippen LogP contribution in [0, 0.1) is 0 Å². The molecular formula is C17H28N2O2. The van der Waals surface area contributed by atoms with Crippen LogP contribution in [0.25, 0.3) is 0 Å². The third kappa shape index (κ3) is 5.21. The van der Waals surface area contributed by atoms with Gasteiger partial charge in [-0.3, -0.25) is 4.90 Å². The van der Waals surface area contributed by atoms with E-state index in [2.05, 4.69) is 17.1 Å². The van der Waals surface area contributed by atoms with Gasteiger partial charge in [0.2, 0.25) is 0 Å². The monoisotopic (exact) mass is 292 g/mol. The van der Waals surface area contributed by atoms with Crippen molar-refractivity contribution in [1.29, 1.82) is 0 Å². The van der Waals surface area contributed by atoms with Gasteiger partial charge >= 0.3 is 0 Å². The van der Waals surface area contributed by atoms with Gasteiger partial charge in [-0.25, -0.2) is 0 Å². The van der Waals surface area contributed by atoms with Crippen molar-refractivity contribution in [3.8, 4) is 11.5 Å². The van der Waals surface area contributed by atoms with Gasteiger partial charge in [0, 0.05) is 32.2 Å². The highest BCUT2D eigenvalue weighted by atomic mass is 16.5. The summed E-state index contributed by atoms with van der Waals surface area (Å²) < 4.78 is 11.5. The molecule has 4 heteroatoms. The van der Waals surface area contributed by atoms with Crippen LogP contribution in [-0.2, 0) is 0 Å². The summed E-state index contributed by atoms with van der Waals surface area (Å²) >= 11 is 0. The molecule has 0 amide bonds. The van der Waals surface area contributed by atoms with Gasteiger partial charge in [-0.05, 0) is 25.5 Å². The second-order valence-corrected chi connectivity index (χ2v) is 5.47. The Balaban J connectivity index is 1.76. The minimum atomic E-state index is 0.638. The van der Waals surface area contributed by atoms with Gasteiger partial charge in [0.1, 0.15) is 6.61 Å². The van der Waals surface area contributed by atoms with Gasteiger partial charge < -0.3 is 14.8 Å². The van der Waals surface area contributed by atoms with E-state index in [9.17, 15) is 0 Å². The van der Waals surface area contributed by atoms with Crippen molar-refractivity contribution in [2.45, 2.75) is 32.7 Å². The summed E-state index contributed by atoms with van der Waals surface area (Å²) in [5.74, 6) is 1.68. The van der Waals surface area contributed by atoms with Crippen molar-refractivity contribution in [2.75, 3.05) is 39.4 Å². The zero-order valence-electron chi connectivity index (χ0n) is 13.3. The molecule has 2 rings (SSSR count). The predicted molar refractivity (Wildman–Crippen MR) is 86.2 cm³/mol. The van der Waals surface area contributed by atoms with Crippen LogP contribution >= 0.6 is 0 Å². The first-order valence-electron chi connectivity index (χ1n) is 8.13. The zero-order valence-corrected chi connectivity index (χ0v) is 13.3. The molecule has 1 unspecified atom stereocenters. The highest BCUT2D eigenvalue weighted by Crippen LogP contribution is 2.26. The van der Waals surface area contributed by atoms with E-state index in [0.717, 1.165) is 37.7 Å². The van der Waals surface area contributed by atoms with E-state index in [-0.39, 0.29) is 0 Å². The normalized spacial score (nSPS) is 19.4. The third-order valence-electron chi connectivity index (χ3n) is 3.79. The van der Waals surface area contributed by atoms with Gasteiger partial charge in [0.05, 0.1) is 6.61 Å². The van der Waals surface area contributed by atoms with Crippen LogP contribution in [0.4, 0.5) is 0 Å². The highest BCUT2D eigenvalue weighted by molar-refractivity contribution is 5.39. The van der Waals surface area contributed by atoms with E-state index >= 15 is 0 Å². The number of piperazine rings is 1. The molecule has 1 atom stereocenters. The van der Waals surface area contributed by atoms with Crippen LogP contribution in [0.15, 0.2) is 24.3 Å². The minimum Gasteiger partial charge on any atom is -0.490 e. The largest absolute Gasteiger partial charge is 0.490 e. The second-order valence-electron chi connectivity index (χ2n) is 5.47. The number of hydrogen-bond acceptors (Lipinski definition) is 4. The first-order chi connectivity index (χ1) is 10.3. The predicted octanol–water partition coefficient (Wildman–Crippen LogP) is 2.54. The van der Waals surface area contributed by atoms with Crippen molar-refractivity contribution < 1.29 is 9.47 Å². The summed E-state index contributed by atoms with van der Waals surface area (Å²) in [4.78, 5) is 2.49. The molecule has 0 aromatic heterocycles. The summed E-state index contributed by atoms with van der Waals surface area (Å²) in [6.07, 6.45) is 2.49. The third-order valence-corrected chi connectivity index (χ3v) is 3.79. The van der Waals surface area contributed by atoms with Crippen molar-refractivity contribution in [2.24, 2.45) is 0 Å². The first kappa shape index (κ1) is 16.1. The second kappa shape index (κ2) is 8.90. The Morgan fingerprint density at radius 3 is 2.67 bits per heavy atom. The number of ether oxygens (including phenoxy) is 2. The van der Waals surface area contributed by atoms with Crippen LogP contribution in [0.3, 0.4) is 0 Å². The average molecular weight is 292 g/mol. The maximum absolute atomic E-state index is 5.90. The molecule has 1 fully saturated rings. The van der Waals surface area contributed by atoms with Gasteiger partial charge in [0.25, 0.3) is 0 Å². The van der Waals surface area contributed by atoms with Gasteiger partial charge in [-0.1, -0.05) is 25.5 Å². The quantitative estimate of drug-likeness (QED) is 0.798. The van der Waals surface area contributed by atoms with Crippen LogP contribution in [-0.4, -0.2) is 50.3 Å². The molecule has 0 bridgehead atoms. The first-order valence-corrected chi connectivity index (χ1v) is 8.13. The van der Waals surface area contributed by atoms with Crippen LogP contribution in [0.2, 0.25) is 0 Å². The molecule has 21 heavy (non-hydrogen) atoms. The lowest BCUT2D eigenvalue weighted by molar-refractivity contribution is 0.159. The van der Waals surface area contributed by atoms with E-state index in [4.69, 9.17) is 9.47 Å². The van der Waals surface area contributed by atoms with Crippen LogP contribution < -0.4 is 14.8 Å². The molecule has 0 radical (unpaired) electrons. The molecule has 1 aromatic rings. The number of rotatable bonds is 8. The SMILES string of the molecule is CCCC1CN(CCOc2ccccc2OCC)CCN1. The molecule has 0 saturated carbocycles. The summed E-state index contributed by atoms with van der Waals surface area (Å²) in [7, 11) is 0. The molecule has 1 N–H and O–H groups in total. The van der Waals surface area contributed by atoms with Crippen molar-refractivity contribution >= 4 is 0 Å². The molecule has 0 spiro atoms. The fourth-order valence-corrected chi connectivity index (χ4v) is 2.77. The van der Waals surface area contributed by atoms with Crippen molar-refractivity contribution in [1.82, 2.24) is 10.2 Å².